The van der Waals surface area contributed by atoms with Crippen molar-refractivity contribution in [2.75, 3.05) is 0 Å². The van der Waals surface area contributed by atoms with E-state index in [-0.39, 0.29) is 5.78 Å². The van der Waals surface area contributed by atoms with Crippen LogP contribution >= 0.6 is 11.3 Å². The molecule has 0 fully saturated rings. The first kappa shape index (κ1) is 18.6. The Balaban J connectivity index is 1.89. The number of hydrogen-bond donors (Lipinski definition) is 0. The van der Waals surface area contributed by atoms with E-state index in [9.17, 15) is 4.79 Å². The molecule has 0 saturated heterocycles. The minimum absolute atomic E-state index is 0.0312. The van der Waals surface area contributed by atoms with Crippen LogP contribution in [0.15, 0.2) is 37.1 Å². The topological polar surface area (TPSA) is 47.3 Å². The van der Waals surface area contributed by atoms with E-state index in [4.69, 9.17) is 0 Å². The monoisotopic (exact) mass is 462 g/mol. The van der Waals surface area contributed by atoms with E-state index in [1.165, 1.54) is 34.6 Å². The fourth-order valence-electron chi connectivity index (χ4n) is 2.90. The summed E-state index contributed by atoms with van der Waals surface area (Å²) in [5.74, 6) is -0.0312. The summed E-state index contributed by atoms with van der Waals surface area (Å²) >= 11 is 0.222. The van der Waals surface area contributed by atoms with Crippen LogP contribution in [0.1, 0.15) is 55.6 Å². The molecule has 0 saturated carbocycles. The normalized spacial score (nSPS) is 11.5. The Morgan fingerprint density at radius 1 is 1.24 bits per heavy atom. The van der Waals surface area contributed by atoms with Crippen molar-refractivity contribution in [3.63, 3.8) is 0 Å². The first-order chi connectivity index (χ1) is 12.2. The van der Waals surface area contributed by atoms with Gasteiger partial charge in [0.1, 0.15) is 0 Å². The third kappa shape index (κ3) is 4.31. The molecule has 131 valence electrons. The van der Waals surface area contributed by atoms with Gasteiger partial charge in [0.15, 0.2) is 0 Å². The van der Waals surface area contributed by atoms with Crippen molar-refractivity contribution in [3.8, 4) is 0 Å². The summed E-state index contributed by atoms with van der Waals surface area (Å²) < 4.78 is 6.47. The molecule has 1 radical (unpaired) electrons. The summed E-state index contributed by atoms with van der Waals surface area (Å²) in [6.45, 7) is 4.55. The maximum atomic E-state index is 12.8. The predicted octanol–water partition coefficient (Wildman–Crippen LogP) is 4.32. The van der Waals surface area contributed by atoms with E-state index in [2.05, 4.69) is 34.4 Å². The van der Waals surface area contributed by atoms with Gasteiger partial charge < -0.3 is 0 Å². The van der Waals surface area contributed by atoms with E-state index >= 15 is 0 Å². The number of pyridine rings is 1. The second-order valence-corrected chi connectivity index (χ2v) is 16.2. The Morgan fingerprint density at radius 3 is 2.64 bits per heavy atom. The number of ketones is 1. The van der Waals surface area contributed by atoms with Gasteiger partial charge in [0, 0.05) is 0 Å². The van der Waals surface area contributed by atoms with Gasteiger partial charge in [0.25, 0.3) is 0 Å². The Labute approximate surface area is 160 Å². The molecule has 6 heteroatoms. The van der Waals surface area contributed by atoms with Crippen LogP contribution < -0.4 is 2.89 Å². The zero-order valence-corrected chi connectivity index (χ0v) is 18.5. The Hall–Kier alpha value is -1.21. The number of rotatable bonds is 9. The molecule has 0 N–H and O–H groups in total. The molecule has 0 bridgehead atoms. The number of carbonyl (C=O) groups is 1. The van der Waals surface area contributed by atoms with Crippen molar-refractivity contribution in [3.05, 3.63) is 48.3 Å². The first-order valence-electron chi connectivity index (χ1n) is 9.00. The van der Waals surface area contributed by atoms with Crippen LogP contribution in [0.5, 0.6) is 0 Å². The molecule has 0 atom stereocenters. The zero-order valence-electron chi connectivity index (χ0n) is 14.9. The number of carbonyl (C=O) groups excluding carboxylic acids is 1. The van der Waals surface area contributed by atoms with Gasteiger partial charge in [-0.25, -0.2) is 0 Å². The number of nitrogens with zero attached hydrogens (tertiary/aromatic N) is 3. The second kappa shape index (κ2) is 8.94. The van der Waals surface area contributed by atoms with Crippen LogP contribution in [0.2, 0.25) is 8.87 Å². The number of unbranched alkanes of at least 4 members (excludes halogenated alkanes) is 2. The Kier molecular flexibility index (Phi) is 6.64. The fraction of sp³-hybridized carbons (Fsp3) is 0.421. The molecule has 3 aromatic heterocycles. The third-order valence-corrected chi connectivity index (χ3v) is 15.9. The van der Waals surface area contributed by atoms with Crippen molar-refractivity contribution in [2.45, 2.75) is 48.4 Å². The summed E-state index contributed by atoms with van der Waals surface area (Å²) in [5, 5.41) is 0. The van der Waals surface area contributed by atoms with E-state index in [0.717, 1.165) is 4.83 Å². The van der Waals surface area contributed by atoms with E-state index in [1.807, 2.05) is 11.3 Å². The molecule has 4 nitrogen and oxygen atoms in total. The molecule has 0 spiro atoms. The van der Waals surface area contributed by atoms with Crippen LogP contribution in [0.3, 0.4) is 0 Å². The van der Waals surface area contributed by atoms with Crippen molar-refractivity contribution >= 4 is 44.6 Å². The molecular formula is C19H24N3OSSn. The molecule has 3 aromatic rings. The van der Waals surface area contributed by atoms with E-state index < -0.39 is 19.8 Å². The number of aromatic nitrogens is 3. The molecule has 3 heterocycles. The van der Waals surface area contributed by atoms with Crippen LogP contribution in [0.25, 0.3) is 4.83 Å². The third-order valence-electron chi connectivity index (χ3n) is 4.36. The predicted molar refractivity (Wildman–Crippen MR) is 106 cm³/mol. The van der Waals surface area contributed by atoms with Gasteiger partial charge in [-0.1, -0.05) is 0 Å². The summed E-state index contributed by atoms with van der Waals surface area (Å²) in [5.41, 5.74) is 1.17. The minimum atomic E-state index is -1.59. The average molecular weight is 461 g/mol. The zero-order chi connectivity index (χ0) is 17.6. The van der Waals surface area contributed by atoms with Crippen LogP contribution in [0.4, 0.5) is 0 Å². The Bertz CT molecular complexity index is 820. The first-order valence-corrected chi connectivity index (χ1v) is 15.3. The van der Waals surface area contributed by atoms with Crippen LogP contribution in [0, 0.1) is 0 Å². The van der Waals surface area contributed by atoms with Gasteiger partial charge in [-0.15, -0.1) is 0 Å². The molecule has 0 unspecified atom stereocenters. The van der Waals surface area contributed by atoms with Gasteiger partial charge in [0.05, 0.1) is 0 Å². The van der Waals surface area contributed by atoms with Gasteiger partial charge in [0.2, 0.25) is 0 Å². The number of thiazole rings is 1. The standard InChI is InChI=1S/C11H6N3OS.2C4H9.Sn/c15-10(8-2-1-3-12-6-8)9-11-14(7-13-9)4-5-16-11;2*1-3-4-2;/h1-4,6-7H;2*1,3-4H2,2H3;. The van der Waals surface area contributed by atoms with E-state index in [1.54, 1.807) is 33.7 Å². The molecular weight excluding hydrogens is 437 g/mol. The summed E-state index contributed by atoms with van der Waals surface area (Å²) in [7, 11) is 0. The van der Waals surface area contributed by atoms with Gasteiger partial charge >= 0.3 is 160 Å². The average Bonchev–Trinajstić information content (AvgIpc) is 3.22. The molecule has 0 amide bonds. The van der Waals surface area contributed by atoms with Gasteiger partial charge in [-0.05, 0) is 0 Å². The number of fused-ring (bicyclic) bond motifs is 1. The van der Waals surface area contributed by atoms with Crippen molar-refractivity contribution < 1.29 is 4.79 Å². The number of hydrogen-bond acceptors (Lipinski definition) is 4. The van der Waals surface area contributed by atoms with Crippen molar-refractivity contribution in [1.29, 1.82) is 0 Å². The summed E-state index contributed by atoms with van der Waals surface area (Å²) in [4.78, 5) is 22.2. The summed E-state index contributed by atoms with van der Waals surface area (Å²) in [6, 6.07) is 3.60. The molecule has 0 aliphatic rings. The summed E-state index contributed by atoms with van der Waals surface area (Å²) in [6.07, 6.45) is 12.6. The van der Waals surface area contributed by atoms with Gasteiger partial charge in [-0.2, -0.15) is 0 Å². The fourth-order valence-corrected chi connectivity index (χ4v) is 14.8. The van der Waals surface area contributed by atoms with Gasteiger partial charge in [-0.3, -0.25) is 0 Å². The SMILES string of the molecule is CCC[CH2][Sn]([CH2]CCC)[c]1cn2cnc(C(=O)c3cccnc3)c2s1. The second-order valence-electron chi connectivity index (χ2n) is 6.28. The van der Waals surface area contributed by atoms with Crippen molar-refractivity contribution in [2.24, 2.45) is 0 Å². The molecule has 3 rings (SSSR count). The van der Waals surface area contributed by atoms with E-state index in [0.29, 0.717) is 11.3 Å². The molecule has 0 aliphatic heterocycles. The molecule has 0 aromatic carbocycles. The van der Waals surface area contributed by atoms with Crippen LogP contribution in [-0.2, 0) is 0 Å². The quantitative estimate of drug-likeness (QED) is 0.352. The molecule has 25 heavy (non-hydrogen) atoms. The Morgan fingerprint density at radius 2 is 2.00 bits per heavy atom. The van der Waals surface area contributed by atoms with Crippen molar-refractivity contribution in [1.82, 2.24) is 14.4 Å². The molecule has 0 aliphatic carbocycles. The number of imidazole rings is 1. The van der Waals surface area contributed by atoms with Crippen LogP contribution in [-0.4, -0.2) is 39.9 Å². The maximum absolute atomic E-state index is 12.8.